The second kappa shape index (κ2) is 7.72. The van der Waals surface area contributed by atoms with Gasteiger partial charge < -0.3 is 9.47 Å². The van der Waals surface area contributed by atoms with Gasteiger partial charge in [-0.1, -0.05) is 22.9 Å². The number of amides is 1. The Kier molecular flexibility index (Phi) is 5.40. The van der Waals surface area contributed by atoms with Crippen LogP contribution in [0.5, 0.6) is 11.5 Å². The van der Waals surface area contributed by atoms with Gasteiger partial charge in [0.2, 0.25) is 0 Å². The number of nitrogens with one attached hydrogen (secondary N) is 1. The molecular weight excluding hydrogens is 360 g/mol. The Hall–Kier alpha value is -2.31. The minimum Gasteiger partial charge on any atom is -0.494 e. The molecule has 0 unspecified atom stereocenters. The molecule has 0 aliphatic heterocycles. The van der Waals surface area contributed by atoms with Crippen LogP contribution in [0.4, 0.5) is 5.13 Å². The van der Waals surface area contributed by atoms with Crippen LogP contribution in [0.25, 0.3) is 10.2 Å². The number of benzene rings is 2. The summed E-state index contributed by atoms with van der Waals surface area (Å²) in [5.41, 5.74) is 0.815. The quantitative estimate of drug-likeness (QED) is 0.674. The van der Waals surface area contributed by atoms with Crippen LogP contribution in [-0.2, 0) is 4.79 Å². The molecule has 0 aliphatic carbocycles. The molecule has 7 heteroatoms. The second-order valence-electron chi connectivity index (χ2n) is 5.28. The molecule has 25 heavy (non-hydrogen) atoms. The maximum atomic E-state index is 12.3. The SMILES string of the molecule is CCOc1ccc2nc(NC(=O)[C@H](C)Oc3ccc(Cl)cc3)sc2c1. The maximum absolute atomic E-state index is 12.3. The highest BCUT2D eigenvalue weighted by Crippen LogP contribution is 2.29. The van der Waals surface area contributed by atoms with Gasteiger partial charge in [-0.15, -0.1) is 0 Å². The normalized spacial score (nSPS) is 12.0. The highest BCUT2D eigenvalue weighted by molar-refractivity contribution is 7.22. The molecule has 1 N–H and O–H groups in total. The number of hydrogen-bond acceptors (Lipinski definition) is 5. The molecule has 0 radical (unpaired) electrons. The average Bonchev–Trinajstić information content (AvgIpc) is 2.98. The number of halogens is 1. The van der Waals surface area contributed by atoms with Gasteiger partial charge in [0.15, 0.2) is 11.2 Å². The van der Waals surface area contributed by atoms with Crippen molar-refractivity contribution in [3.63, 3.8) is 0 Å². The molecule has 1 amide bonds. The Morgan fingerprint density at radius 3 is 2.68 bits per heavy atom. The van der Waals surface area contributed by atoms with E-state index < -0.39 is 6.10 Å². The third-order valence-electron chi connectivity index (χ3n) is 3.40. The van der Waals surface area contributed by atoms with Crippen molar-refractivity contribution >= 4 is 44.2 Å². The minimum atomic E-state index is -0.660. The van der Waals surface area contributed by atoms with E-state index in [0.717, 1.165) is 16.0 Å². The largest absolute Gasteiger partial charge is 0.494 e. The summed E-state index contributed by atoms with van der Waals surface area (Å²) in [5, 5.41) is 3.93. The van der Waals surface area contributed by atoms with Crippen molar-refractivity contribution in [2.75, 3.05) is 11.9 Å². The van der Waals surface area contributed by atoms with Crippen LogP contribution in [0.2, 0.25) is 5.02 Å². The third-order valence-corrected chi connectivity index (χ3v) is 4.58. The molecule has 0 saturated carbocycles. The molecule has 0 bridgehead atoms. The lowest BCUT2D eigenvalue weighted by Crippen LogP contribution is -2.30. The van der Waals surface area contributed by atoms with Crippen molar-refractivity contribution in [1.82, 2.24) is 4.98 Å². The molecule has 1 aromatic heterocycles. The predicted molar refractivity (Wildman–Crippen MR) is 101 cm³/mol. The number of carbonyl (C=O) groups excluding carboxylic acids is 1. The zero-order valence-corrected chi connectivity index (χ0v) is 15.4. The Morgan fingerprint density at radius 1 is 1.24 bits per heavy atom. The van der Waals surface area contributed by atoms with Crippen LogP contribution < -0.4 is 14.8 Å². The van der Waals surface area contributed by atoms with Crippen molar-refractivity contribution in [3.05, 3.63) is 47.5 Å². The Bertz CT molecular complexity index is 880. The molecule has 130 valence electrons. The topological polar surface area (TPSA) is 60.5 Å². The Labute approximate surface area is 154 Å². The van der Waals surface area contributed by atoms with E-state index in [-0.39, 0.29) is 5.91 Å². The van der Waals surface area contributed by atoms with E-state index in [0.29, 0.717) is 22.5 Å². The number of nitrogens with zero attached hydrogens (tertiary/aromatic N) is 1. The number of hydrogen-bond donors (Lipinski definition) is 1. The first kappa shape index (κ1) is 17.5. The van der Waals surface area contributed by atoms with E-state index in [2.05, 4.69) is 10.3 Å². The van der Waals surface area contributed by atoms with E-state index in [4.69, 9.17) is 21.1 Å². The second-order valence-corrected chi connectivity index (χ2v) is 6.75. The monoisotopic (exact) mass is 376 g/mol. The smallest absolute Gasteiger partial charge is 0.266 e. The number of ether oxygens (including phenoxy) is 2. The average molecular weight is 377 g/mol. The predicted octanol–water partition coefficient (Wildman–Crippen LogP) is 4.75. The summed E-state index contributed by atoms with van der Waals surface area (Å²) >= 11 is 7.23. The molecule has 1 atom stereocenters. The fourth-order valence-electron chi connectivity index (χ4n) is 2.19. The Balaban J connectivity index is 1.67. The van der Waals surface area contributed by atoms with Gasteiger partial charge in [-0.05, 0) is 56.3 Å². The van der Waals surface area contributed by atoms with Crippen LogP contribution in [0, 0.1) is 0 Å². The molecule has 0 aliphatic rings. The van der Waals surface area contributed by atoms with Crippen LogP contribution in [0.1, 0.15) is 13.8 Å². The van der Waals surface area contributed by atoms with Gasteiger partial charge in [-0.25, -0.2) is 4.98 Å². The van der Waals surface area contributed by atoms with E-state index in [1.165, 1.54) is 11.3 Å². The zero-order chi connectivity index (χ0) is 17.8. The van der Waals surface area contributed by atoms with Gasteiger partial charge in [0, 0.05) is 5.02 Å². The number of fused-ring (bicyclic) bond motifs is 1. The third kappa shape index (κ3) is 4.41. The fourth-order valence-corrected chi connectivity index (χ4v) is 3.22. The summed E-state index contributed by atoms with van der Waals surface area (Å²) in [6, 6.07) is 12.5. The van der Waals surface area contributed by atoms with Gasteiger partial charge in [0.1, 0.15) is 11.5 Å². The standard InChI is InChI=1S/C18H17ClN2O3S/c1-3-23-14-8-9-15-16(10-14)25-18(20-15)21-17(22)11(2)24-13-6-4-12(19)5-7-13/h4-11H,3H2,1-2H3,(H,20,21,22)/t11-/m0/s1. The summed E-state index contributed by atoms with van der Waals surface area (Å²) in [5.74, 6) is 1.10. The molecule has 0 spiro atoms. The summed E-state index contributed by atoms with van der Waals surface area (Å²) in [7, 11) is 0. The van der Waals surface area contributed by atoms with Gasteiger partial charge in [0.25, 0.3) is 5.91 Å². The van der Waals surface area contributed by atoms with Crippen molar-refractivity contribution in [1.29, 1.82) is 0 Å². The summed E-state index contributed by atoms with van der Waals surface area (Å²) in [6.07, 6.45) is -0.660. The van der Waals surface area contributed by atoms with Crippen molar-refractivity contribution in [3.8, 4) is 11.5 Å². The van der Waals surface area contributed by atoms with E-state index in [1.807, 2.05) is 25.1 Å². The van der Waals surface area contributed by atoms with Crippen LogP contribution in [0.3, 0.4) is 0 Å². The summed E-state index contributed by atoms with van der Waals surface area (Å²) in [4.78, 5) is 16.7. The van der Waals surface area contributed by atoms with E-state index in [1.54, 1.807) is 31.2 Å². The highest BCUT2D eigenvalue weighted by atomic mass is 35.5. The molecule has 2 aromatic carbocycles. The number of anilines is 1. The number of rotatable bonds is 6. The number of aromatic nitrogens is 1. The van der Waals surface area contributed by atoms with Crippen LogP contribution >= 0.6 is 22.9 Å². The fraction of sp³-hybridized carbons (Fsp3) is 0.222. The molecular formula is C18H17ClN2O3S. The van der Waals surface area contributed by atoms with Crippen LogP contribution in [-0.4, -0.2) is 23.6 Å². The first-order valence-corrected chi connectivity index (χ1v) is 9.01. The lowest BCUT2D eigenvalue weighted by molar-refractivity contribution is -0.122. The molecule has 0 saturated heterocycles. The summed E-state index contributed by atoms with van der Waals surface area (Å²) in [6.45, 7) is 4.22. The van der Waals surface area contributed by atoms with Crippen molar-refractivity contribution in [2.24, 2.45) is 0 Å². The number of carbonyl (C=O) groups is 1. The van der Waals surface area contributed by atoms with Crippen molar-refractivity contribution < 1.29 is 14.3 Å². The first-order chi connectivity index (χ1) is 12.0. The summed E-state index contributed by atoms with van der Waals surface area (Å²) < 4.78 is 12.0. The number of thiazole rings is 1. The molecule has 3 aromatic rings. The van der Waals surface area contributed by atoms with E-state index in [9.17, 15) is 4.79 Å². The maximum Gasteiger partial charge on any atom is 0.266 e. The lowest BCUT2D eigenvalue weighted by atomic mass is 10.3. The van der Waals surface area contributed by atoms with Gasteiger partial charge in [0.05, 0.1) is 16.8 Å². The molecule has 1 heterocycles. The molecule has 5 nitrogen and oxygen atoms in total. The van der Waals surface area contributed by atoms with Crippen LogP contribution in [0.15, 0.2) is 42.5 Å². The minimum absolute atomic E-state index is 0.265. The highest BCUT2D eigenvalue weighted by Gasteiger charge is 2.17. The van der Waals surface area contributed by atoms with Gasteiger partial charge in [-0.3, -0.25) is 10.1 Å². The van der Waals surface area contributed by atoms with Crippen molar-refractivity contribution in [2.45, 2.75) is 20.0 Å². The molecule has 0 fully saturated rings. The van der Waals surface area contributed by atoms with E-state index >= 15 is 0 Å². The Morgan fingerprint density at radius 2 is 1.96 bits per heavy atom. The van der Waals surface area contributed by atoms with Gasteiger partial charge in [-0.2, -0.15) is 0 Å². The zero-order valence-electron chi connectivity index (χ0n) is 13.8. The lowest BCUT2D eigenvalue weighted by Gasteiger charge is -2.13. The van der Waals surface area contributed by atoms with Gasteiger partial charge >= 0.3 is 0 Å². The first-order valence-electron chi connectivity index (χ1n) is 7.81. The molecule has 3 rings (SSSR count).